The molecule has 1 aliphatic carbocycles. The first-order chi connectivity index (χ1) is 14.5. The Morgan fingerprint density at radius 2 is 2.00 bits per heavy atom. The number of benzene rings is 2. The minimum Gasteiger partial charge on any atom is -0.508 e. The number of H-pyrrole nitrogens is 1. The number of phenolic OH excluding ortho intramolecular Hbond substituents is 1. The fraction of sp³-hybridized carbons (Fsp3) is 0.391. The number of nitrogens with zero attached hydrogens (tertiary/aromatic N) is 1. The number of carbonyl (C=O) groups is 1. The minimum atomic E-state index is -0.581. The molecule has 1 amide bonds. The number of hydrogen-bond donors (Lipinski definition) is 3. The van der Waals surface area contributed by atoms with E-state index in [2.05, 4.69) is 15.2 Å². The third-order valence-electron chi connectivity index (χ3n) is 6.37. The topological polar surface area (TPSA) is 98.6 Å². The van der Waals surface area contributed by atoms with Crippen LogP contribution in [0.2, 0.25) is 0 Å². The highest BCUT2D eigenvalue weighted by Crippen LogP contribution is 2.49. The first kappa shape index (κ1) is 18.9. The van der Waals surface area contributed by atoms with Crippen molar-refractivity contribution >= 4 is 17.0 Å². The maximum atomic E-state index is 13.4. The fourth-order valence-corrected chi connectivity index (χ4v) is 4.52. The Balaban J connectivity index is 1.41. The molecule has 2 fully saturated rings. The molecule has 7 nitrogen and oxygen atoms in total. The summed E-state index contributed by atoms with van der Waals surface area (Å²) in [5.41, 5.74) is 2.31. The Labute approximate surface area is 173 Å². The highest BCUT2D eigenvalue weighted by atomic mass is 16.4. The van der Waals surface area contributed by atoms with E-state index < -0.39 is 11.2 Å². The lowest BCUT2D eigenvalue weighted by molar-refractivity contribution is -0.124. The van der Waals surface area contributed by atoms with E-state index in [0.29, 0.717) is 11.1 Å². The van der Waals surface area contributed by atoms with Crippen LogP contribution in [0.3, 0.4) is 0 Å². The average molecular weight is 407 g/mol. The first-order valence-corrected chi connectivity index (χ1v) is 10.5. The summed E-state index contributed by atoms with van der Waals surface area (Å²) in [7, 11) is 0. The summed E-state index contributed by atoms with van der Waals surface area (Å²) in [5, 5.41) is 13.2. The van der Waals surface area contributed by atoms with Crippen molar-refractivity contribution < 1.29 is 14.3 Å². The van der Waals surface area contributed by atoms with Gasteiger partial charge in [-0.3, -0.25) is 9.78 Å². The van der Waals surface area contributed by atoms with Crippen molar-refractivity contribution in [1.82, 2.24) is 15.2 Å². The molecular formula is C23H25N3O4. The smallest absolute Gasteiger partial charge is 0.417 e. The van der Waals surface area contributed by atoms with Crippen molar-refractivity contribution in [3.05, 3.63) is 64.1 Å². The van der Waals surface area contributed by atoms with Crippen molar-refractivity contribution in [2.75, 3.05) is 19.6 Å². The molecule has 156 valence electrons. The van der Waals surface area contributed by atoms with Gasteiger partial charge in [-0.2, -0.15) is 0 Å². The molecule has 1 atom stereocenters. The van der Waals surface area contributed by atoms with Crippen LogP contribution in [0, 0.1) is 0 Å². The Kier molecular flexibility index (Phi) is 4.62. The van der Waals surface area contributed by atoms with Gasteiger partial charge in [-0.1, -0.05) is 18.2 Å². The zero-order chi connectivity index (χ0) is 20.7. The SMILES string of the molecule is O=C(NC(CN1CCCC1)c1cccc(O)c1)C1(c2ccc3oc(=O)[nH]c3c2)CC1. The van der Waals surface area contributed by atoms with Crippen LogP contribution in [0.5, 0.6) is 5.75 Å². The van der Waals surface area contributed by atoms with E-state index in [-0.39, 0.29) is 17.7 Å². The number of fused-ring (bicyclic) bond motifs is 1. The maximum absolute atomic E-state index is 13.4. The van der Waals surface area contributed by atoms with Crippen LogP contribution in [0.15, 0.2) is 51.7 Å². The van der Waals surface area contributed by atoms with E-state index in [1.165, 1.54) is 12.8 Å². The molecule has 7 heteroatoms. The molecule has 1 aromatic heterocycles. The lowest BCUT2D eigenvalue weighted by Crippen LogP contribution is -2.41. The normalized spacial score (nSPS) is 19.1. The number of hydrogen-bond acceptors (Lipinski definition) is 5. The van der Waals surface area contributed by atoms with Crippen LogP contribution in [0.1, 0.15) is 42.9 Å². The van der Waals surface area contributed by atoms with Gasteiger partial charge in [0.1, 0.15) is 5.75 Å². The number of aromatic nitrogens is 1. The quantitative estimate of drug-likeness (QED) is 0.584. The summed E-state index contributed by atoms with van der Waals surface area (Å²) >= 11 is 0. The Bertz CT molecular complexity index is 1140. The summed E-state index contributed by atoms with van der Waals surface area (Å²) in [5.74, 6) is -0.310. The highest BCUT2D eigenvalue weighted by Gasteiger charge is 2.52. The van der Waals surface area contributed by atoms with Crippen molar-refractivity contribution in [2.24, 2.45) is 0 Å². The van der Waals surface area contributed by atoms with E-state index in [9.17, 15) is 14.7 Å². The van der Waals surface area contributed by atoms with Gasteiger partial charge in [0.25, 0.3) is 0 Å². The molecule has 3 N–H and O–H groups in total. The average Bonchev–Trinajstić information content (AvgIpc) is 3.21. The van der Waals surface area contributed by atoms with E-state index in [1.807, 2.05) is 24.3 Å². The first-order valence-electron chi connectivity index (χ1n) is 10.5. The summed E-state index contributed by atoms with van der Waals surface area (Å²) in [6.07, 6.45) is 3.88. The lowest BCUT2D eigenvalue weighted by atomic mass is 9.93. The molecule has 1 saturated carbocycles. The van der Waals surface area contributed by atoms with Crippen molar-refractivity contribution in [1.29, 1.82) is 0 Å². The second-order valence-electron chi connectivity index (χ2n) is 8.44. The molecule has 0 radical (unpaired) electrons. The van der Waals surface area contributed by atoms with Gasteiger partial charge in [-0.25, -0.2) is 4.79 Å². The van der Waals surface area contributed by atoms with Gasteiger partial charge < -0.3 is 19.7 Å². The predicted octanol–water partition coefficient (Wildman–Crippen LogP) is 2.81. The molecule has 30 heavy (non-hydrogen) atoms. The lowest BCUT2D eigenvalue weighted by Gasteiger charge is -2.27. The number of likely N-dealkylation sites (tertiary alicyclic amines) is 1. The van der Waals surface area contributed by atoms with Crippen LogP contribution < -0.4 is 11.1 Å². The monoisotopic (exact) mass is 407 g/mol. The summed E-state index contributed by atoms with van der Waals surface area (Å²) in [6.45, 7) is 2.78. The largest absolute Gasteiger partial charge is 0.508 e. The van der Waals surface area contributed by atoms with Gasteiger partial charge in [0.2, 0.25) is 5.91 Å². The molecule has 3 aromatic rings. The fourth-order valence-electron chi connectivity index (χ4n) is 4.52. The van der Waals surface area contributed by atoms with Crippen molar-refractivity contribution in [3.8, 4) is 5.75 Å². The molecule has 0 bridgehead atoms. The number of nitrogens with one attached hydrogen (secondary N) is 2. The van der Waals surface area contributed by atoms with E-state index in [4.69, 9.17) is 4.42 Å². The summed E-state index contributed by atoms with van der Waals surface area (Å²) in [6, 6.07) is 12.4. The Morgan fingerprint density at radius 3 is 2.73 bits per heavy atom. The molecule has 1 aliphatic heterocycles. The van der Waals surface area contributed by atoms with Gasteiger partial charge in [0, 0.05) is 6.54 Å². The Hall–Kier alpha value is -3.06. The molecule has 2 heterocycles. The van der Waals surface area contributed by atoms with E-state index in [1.54, 1.807) is 18.2 Å². The third-order valence-corrected chi connectivity index (χ3v) is 6.37. The second-order valence-corrected chi connectivity index (χ2v) is 8.44. The molecule has 0 spiro atoms. The second kappa shape index (κ2) is 7.32. The van der Waals surface area contributed by atoms with Crippen molar-refractivity contribution in [2.45, 2.75) is 37.1 Å². The number of phenols is 1. The summed E-state index contributed by atoms with van der Waals surface area (Å²) in [4.78, 5) is 29.9. The van der Waals surface area contributed by atoms with E-state index >= 15 is 0 Å². The number of amides is 1. The number of carbonyl (C=O) groups excluding carboxylic acids is 1. The van der Waals surface area contributed by atoms with Crippen LogP contribution in [-0.2, 0) is 10.2 Å². The third kappa shape index (κ3) is 3.50. The molecule has 1 unspecified atom stereocenters. The van der Waals surface area contributed by atoms with Gasteiger partial charge in [-0.05, 0) is 74.2 Å². The molecule has 5 rings (SSSR count). The summed E-state index contributed by atoms with van der Waals surface area (Å²) < 4.78 is 5.08. The van der Waals surface area contributed by atoms with Crippen LogP contribution in [0.25, 0.3) is 11.1 Å². The molecular weight excluding hydrogens is 382 g/mol. The highest BCUT2D eigenvalue weighted by molar-refractivity contribution is 5.92. The number of aromatic hydroxyl groups is 1. The van der Waals surface area contributed by atoms with Gasteiger partial charge in [0.15, 0.2) is 5.58 Å². The zero-order valence-electron chi connectivity index (χ0n) is 16.7. The maximum Gasteiger partial charge on any atom is 0.417 e. The van der Waals surface area contributed by atoms with E-state index in [0.717, 1.165) is 43.6 Å². The molecule has 1 saturated heterocycles. The van der Waals surface area contributed by atoms with Crippen LogP contribution in [-0.4, -0.2) is 40.5 Å². The van der Waals surface area contributed by atoms with Gasteiger partial charge >= 0.3 is 5.76 Å². The van der Waals surface area contributed by atoms with Crippen LogP contribution >= 0.6 is 0 Å². The minimum absolute atomic E-state index is 0.0137. The number of rotatable bonds is 6. The van der Waals surface area contributed by atoms with Gasteiger partial charge in [-0.15, -0.1) is 0 Å². The van der Waals surface area contributed by atoms with Crippen LogP contribution in [0.4, 0.5) is 0 Å². The number of oxazole rings is 1. The zero-order valence-corrected chi connectivity index (χ0v) is 16.7. The standard InChI is InChI=1S/C23H25N3O4/c27-17-5-3-4-15(12-17)19(14-26-10-1-2-11-26)24-21(28)23(8-9-23)16-6-7-20-18(13-16)25-22(29)30-20/h3-7,12-13,19,27H,1-2,8-11,14H2,(H,24,28)(H,25,29). The van der Waals surface area contributed by atoms with Gasteiger partial charge in [0.05, 0.1) is 17.0 Å². The molecule has 2 aromatic carbocycles. The predicted molar refractivity (Wildman–Crippen MR) is 112 cm³/mol. The number of aromatic amines is 1. The Morgan fingerprint density at radius 1 is 1.20 bits per heavy atom. The van der Waals surface area contributed by atoms with Crippen molar-refractivity contribution in [3.63, 3.8) is 0 Å². The molecule has 2 aliphatic rings.